The maximum Gasteiger partial charge on any atom is 0.410 e. The zero-order chi connectivity index (χ0) is 19.4. The number of nitrogens with zero attached hydrogens (tertiary/aromatic N) is 2. The third-order valence-corrected chi connectivity index (χ3v) is 4.47. The number of pyridine rings is 1. The van der Waals surface area contributed by atoms with Crippen LogP contribution in [0.15, 0.2) is 42.6 Å². The summed E-state index contributed by atoms with van der Waals surface area (Å²) >= 11 is 5.87. The number of morpholine rings is 1. The van der Waals surface area contributed by atoms with Crippen LogP contribution in [0.25, 0.3) is 11.1 Å². The average molecular weight is 389 g/mol. The SMILES string of the molecule is CC(C)(C)OC(=O)N1CCOC(Cc2cccc(-c3ccc(Cl)nc3)c2)C1. The van der Waals surface area contributed by atoms with Gasteiger partial charge in [0.15, 0.2) is 0 Å². The minimum Gasteiger partial charge on any atom is -0.444 e. The molecule has 2 heterocycles. The summed E-state index contributed by atoms with van der Waals surface area (Å²) in [4.78, 5) is 18.2. The Morgan fingerprint density at radius 2 is 2.11 bits per heavy atom. The van der Waals surface area contributed by atoms with E-state index >= 15 is 0 Å². The Balaban J connectivity index is 1.65. The number of halogens is 1. The molecule has 0 bridgehead atoms. The van der Waals surface area contributed by atoms with Gasteiger partial charge in [0.25, 0.3) is 0 Å². The lowest BCUT2D eigenvalue weighted by molar-refractivity contribution is -0.0415. The van der Waals surface area contributed by atoms with Crippen molar-refractivity contribution in [1.29, 1.82) is 0 Å². The standard InChI is InChI=1S/C21H25ClN2O3/c1-21(2,3)27-20(25)24-9-10-26-18(14-24)12-15-5-4-6-16(11-15)17-7-8-19(22)23-13-17/h4-8,11,13,18H,9-10,12,14H2,1-3H3. The third kappa shape index (κ3) is 5.68. The van der Waals surface area contributed by atoms with Crippen LogP contribution in [0.4, 0.5) is 4.79 Å². The van der Waals surface area contributed by atoms with E-state index in [1.807, 2.05) is 39.0 Å². The Morgan fingerprint density at radius 1 is 1.30 bits per heavy atom. The maximum absolute atomic E-state index is 12.3. The van der Waals surface area contributed by atoms with Gasteiger partial charge in [0, 0.05) is 24.7 Å². The van der Waals surface area contributed by atoms with Crippen LogP contribution in [-0.4, -0.2) is 47.4 Å². The summed E-state index contributed by atoms with van der Waals surface area (Å²) < 4.78 is 11.4. The fourth-order valence-electron chi connectivity index (χ4n) is 3.02. The van der Waals surface area contributed by atoms with Crippen LogP contribution in [0.2, 0.25) is 5.15 Å². The number of amides is 1. The Kier molecular flexibility index (Phi) is 6.02. The second kappa shape index (κ2) is 8.28. The van der Waals surface area contributed by atoms with Gasteiger partial charge in [-0.3, -0.25) is 0 Å². The molecule has 1 aromatic carbocycles. The molecule has 1 aromatic heterocycles. The molecular formula is C21H25ClN2O3. The normalized spacial score (nSPS) is 17.6. The first-order chi connectivity index (χ1) is 12.8. The largest absolute Gasteiger partial charge is 0.444 e. The van der Waals surface area contributed by atoms with Crippen LogP contribution in [0.1, 0.15) is 26.3 Å². The summed E-state index contributed by atoms with van der Waals surface area (Å²) in [6, 6.07) is 12.0. The van der Waals surface area contributed by atoms with Crippen LogP contribution in [-0.2, 0) is 15.9 Å². The van der Waals surface area contributed by atoms with E-state index in [9.17, 15) is 4.79 Å². The molecule has 1 amide bonds. The minimum atomic E-state index is -0.494. The van der Waals surface area contributed by atoms with E-state index in [2.05, 4.69) is 17.1 Å². The molecule has 1 aliphatic rings. The Labute approximate surface area is 165 Å². The van der Waals surface area contributed by atoms with Gasteiger partial charge in [0.05, 0.1) is 19.3 Å². The summed E-state index contributed by atoms with van der Waals surface area (Å²) in [7, 11) is 0. The van der Waals surface area contributed by atoms with Gasteiger partial charge in [-0.05, 0) is 44.0 Å². The molecule has 1 fully saturated rings. The molecule has 2 aromatic rings. The van der Waals surface area contributed by atoms with Crippen LogP contribution in [0.5, 0.6) is 0 Å². The van der Waals surface area contributed by atoms with E-state index in [1.165, 1.54) is 0 Å². The van der Waals surface area contributed by atoms with Gasteiger partial charge in [-0.1, -0.05) is 35.9 Å². The zero-order valence-electron chi connectivity index (χ0n) is 15.9. The fraction of sp³-hybridized carbons (Fsp3) is 0.429. The van der Waals surface area contributed by atoms with Gasteiger partial charge < -0.3 is 14.4 Å². The maximum atomic E-state index is 12.3. The summed E-state index contributed by atoms with van der Waals surface area (Å²) in [5.74, 6) is 0. The lowest BCUT2D eigenvalue weighted by atomic mass is 10.0. The Hall–Kier alpha value is -2.11. The van der Waals surface area contributed by atoms with E-state index in [0.717, 1.165) is 23.1 Å². The monoisotopic (exact) mass is 388 g/mol. The summed E-state index contributed by atoms with van der Waals surface area (Å²) in [5.41, 5.74) is 2.75. The predicted octanol–water partition coefficient (Wildman–Crippen LogP) is 4.58. The zero-order valence-corrected chi connectivity index (χ0v) is 16.7. The van der Waals surface area contributed by atoms with Gasteiger partial charge in [-0.2, -0.15) is 0 Å². The number of aromatic nitrogens is 1. The molecule has 6 heteroatoms. The van der Waals surface area contributed by atoms with Crippen molar-refractivity contribution in [3.8, 4) is 11.1 Å². The van der Waals surface area contributed by atoms with Crippen molar-refractivity contribution in [1.82, 2.24) is 9.88 Å². The number of hydrogen-bond donors (Lipinski definition) is 0. The number of rotatable bonds is 3. The average Bonchev–Trinajstić information content (AvgIpc) is 2.61. The van der Waals surface area contributed by atoms with Crippen molar-refractivity contribution in [2.45, 2.75) is 38.9 Å². The second-order valence-corrected chi connectivity index (χ2v) is 8.08. The molecule has 1 atom stereocenters. The fourth-order valence-corrected chi connectivity index (χ4v) is 3.13. The number of ether oxygens (including phenoxy) is 2. The minimum absolute atomic E-state index is 0.0511. The first-order valence-electron chi connectivity index (χ1n) is 9.10. The summed E-state index contributed by atoms with van der Waals surface area (Å²) in [5, 5.41) is 0.479. The molecule has 0 saturated carbocycles. The van der Waals surface area contributed by atoms with Gasteiger partial charge in [0.1, 0.15) is 10.8 Å². The molecule has 3 rings (SSSR count). The number of hydrogen-bond acceptors (Lipinski definition) is 4. The molecule has 0 aliphatic carbocycles. The van der Waals surface area contributed by atoms with Crippen molar-refractivity contribution in [2.24, 2.45) is 0 Å². The van der Waals surface area contributed by atoms with Crippen molar-refractivity contribution < 1.29 is 14.3 Å². The molecule has 0 spiro atoms. The Morgan fingerprint density at radius 3 is 2.81 bits per heavy atom. The van der Waals surface area contributed by atoms with Gasteiger partial charge in [-0.25, -0.2) is 9.78 Å². The predicted molar refractivity (Wildman–Crippen MR) is 106 cm³/mol. The molecule has 144 valence electrons. The molecule has 1 unspecified atom stereocenters. The number of carbonyl (C=O) groups excluding carboxylic acids is 1. The summed E-state index contributed by atoms with van der Waals surface area (Å²) in [6.07, 6.45) is 2.17. The topological polar surface area (TPSA) is 51.7 Å². The van der Waals surface area contributed by atoms with Crippen LogP contribution >= 0.6 is 11.6 Å². The molecule has 0 radical (unpaired) electrons. The van der Waals surface area contributed by atoms with Crippen LogP contribution in [0, 0.1) is 0 Å². The molecule has 27 heavy (non-hydrogen) atoms. The first-order valence-corrected chi connectivity index (χ1v) is 9.48. The van der Waals surface area contributed by atoms with Crippen LogP contribution in [0.3, 0.4) is 0 Å². The van der Waals surface area contributed by atoms with Crippen molar-refractivity contribution in [3.05, 3.63) is 53.3 Å². The molecular weight excluding hydrogens is 364 g/mol. The number of carbonyl (C=O) groups is 1. The van der Waals surface area contributed by atoms with Gasteiger partial charge in [0.2, 0.25) is 0 Å². The van der Waals surface area contributed by atoms with Crippen LogP contribution < -0.4 is 0 Å². The van der Waals surface area contributed by atoms with E-state index in [1.54, 1.807) is 17.2 Å². The van der Waals surface area contributed by atoms with E-state index in [-0.39, 0.29) is 12.2 Å². The molecule has 1 aliphatic heterocycles. The lowest BCUT2D eigenvalue weighted by Crippen LogP contribution is -2.48. The van der Waals surface area contributed by atoms with Crippen molar-refractivity contribution in [3.63, 3.8) is 0 Å². The van der Waals surface area contributed by atoms with E-state index < -0.39 is 5.60 Å². The molecule has 5 nitrogen and oxygen atoms in total. The molecule has 0 N–H and O–H groups in total. The quantitative estimate of drug-likeness (QED) is 0.722. The highest BCUT2D eigenvalue weighted by molar-refractivity contribution is 6.29. The highest BCUT2D eigenvalue weighted by Crippen LogP contribution is 2.22. The smallest absolute Gasteiger partial charge is 0.410 e. The highest BCUT2D eigenvalue weighted by atomic mass is 35.5. The summed E-state index contributed by atoms with van der Waals surface area (Å²) in [6.45, 7) is 7.23. The number of benzene rings is 1. The van der Waals surface area contributed by atoms with Gasteiger partial charge >= 0.3 is 6.09 Å². The first kappa shape index (κ1) is 19.6. The van der Waals surface area contributed by atoms with E-state index in [4.69, 9.17) is 21.1 Å². The molecule has 1 saturated heterocycles. The third-order valence-electron chi connectivity index (χ3n) is 4.24. The van der Waals surface area contributed by atoms with Crippen molar-refractivity contribution in [2.75, 3.05) is 19.7 Å². The van der Waals surface area contributed by atoms with Gasteiger partial charge in [-0.15, -0.1) is 0 Å². The highest BCUT2D eigenvalue weighted by Gasteiger charge is 2.28. The lowest BCUT2D eigenvalue weighted by Gasteiger charge is -2.34. The van der Waals surface area contributed by atoms with Crippen molar-refractivity contribution >= 4 is 17.7 Å². The van der Waals surface area contributed by atoms with E-state index in [0.29, 0.717) is 24.8 Å². The Bertz CT molecular complexity index is 787. The second-order valence-electron chi connectivity index (χ2n) is 7.69.